The van der Waals surface area contributed by atoms with Crippen molar-refractivity contribution in [3.63, 3.8) is 0 Å². The largest absolute Gasteiger partial charge is 0.494 e. The highest BCUT2D eigenvalue weighted by molar-refractivity contribution is 6.07. The molecule has 0 saturated heterocycles. The van der Waals surface area contributed by atoms with E-state index < -0.39 is 0 Å². The number of ether oxygens (including phenoxy) is 1. The van der Waals surface area contributed by atoms with Crippen LogP contribution in [0.3, 0.4) is 0 Å². The van der Waals surface area contributed by atoms with E-state index in [0.717, 1.165) is 33.5 Å². The molecule has 4 rings (SSSR count). The molecule has 0 fully saturated rings. The van der Waals surface area contributed by atoms with Gasteiger partial charge in [0.1, 0.15) is 5.75 Å². The van der Waals surface area contributed by atoms with Crippen molar-refractivity contribution in [1.82, 2.24) is 10.4 Å². The van der Waals surface area contributed by atoms with Gasteiger partial charge >= 0.3 is 0 Å². The van der Waals surface area contributed by atoms with Crippen LogP contribution in [0.5, 0.6) is 5.75 Å². The molecule has 0 aliphatic rings. The second kappa shape index (κ2) is 9.01. The third-order valence-corrected chi connectivity index (χ3v) is 4.58. The highest BCUT2D eigenvalue weighted by Crippen LogP contribution is 2.24. The first-order chi connectivity index (χ1) is 14.7. The van der Waals surface area contributed by atoms with E-state index in [0.29, 0.717) is 12.2 Å². The van der Waals surface area contributed by atoms with Crippen LogP contribution >= 0.6 is 0 Å². The number of pyridine rings is 1. The second-order valence-electron chi connectivity index (χ2n) is 6.64. The summed E-state index contributed by atoms with van der Waals surface area (Å²) in [6, 6.07) is 26.7. The summed E-state index contributed by atoms with van der Waals surface area (Å²) in [7, 11) is 0. The number of benzene rings is 3. The molecule has 148 valence electrons. The van der Waals surface area contributed by atoms with Gasteiger partial charge in [-0.25, -0.2) is 10.4 Å². The van der Waals surface area contributed by atoms with Crippen LogP contribution in [0, 0.1) is 0 Å². The predicted molar refractivity (Wildman–Crippen MR) is 120 cm³/mol. The Hall–Kier alpha value is -3.99. The number of hydrogen-bond acceptors (Lipinski definition) is 4. The van der Waals surface area contributed by atoms with E-state index in [2.05, 4.69) is 10.5 Å². The minimum atomic E-state index is -0.289. The Kier molecular flexibility index (Phi) is 5.80. The highest BCUT2D eigenvalue weighted by atomic mass is 16.5. The molecule has 1 amide bonds. The second-order valence-corrected chi connectivity index (χ2v) is 6.64. The van der Waals surface area contributed by atoms with Crippen LogP contribution in [-0.4, -0.2) is 23.7 Å². The van der Waals surface area contributed by atoms with E-state index in [9.17, 15) is 4.79 Å². The average Bonchev–Trinajstić information content (AvgIpc) is 2.79. The van der Waals surface area contributed by atoms with Crippen molar-refractivity contribution in [1.29, 1.82) is 0 Å². The van der Waals surface area contributed by atoms with Crippen molar-refractivity contribution < 1.29 is 9.53 Å². The highest BCUT2D eigenvalue weighted by Gasteiger charge is 2.13. The van der Waals surface area contributed by atoms with Gasteiger partial charge in [-0.2, -0.15) is 5.10 Å². The molecular weight excluding hydrogens is 374 g/mol. The SMILES string of the molecule is CCOc1cccc(C=NNC(=O)c2cc(-c3ccccc3)nc3ccccc23)c1. The Morgan fingerprint density at radius 3 is 2.63 bits per heavy atom. The van der Waals surface area contributed by atoms with Crippen molar-refractivity contribution in [3.05, 3.63) is 96.1 Å². The summed E-state index contributed by atoms with van der Waals surface area (Å²) in [4.78, 5) is 17.6. The van der Waals surface area contributed by atoms with Crippen molar-refractivity contribution in [2.24, 2.45) is 5.10 Å². The summed E-state index contributed by atoms with van der Waals surface area (Å²) in [5.41, 5.74) is 6.46. The molecule has 5 nitrogen and oxygen atoms in total. The van der Waals surface area contributed by atoms with E-state index in [1.54, 1.807) is 12.3 Å². The molecular formula is C25H21N3O2. The zero-order chi connectivity index (χ0) is 20.8. The van der Waals surface area contributed by atoms with Crippen LogP contribution in [0.1, 0.15) is 22.8 Å². The maximum absolute atomic E-state index is 12.9. The fourth-order valence-electron chi connectivity index (χ4n) is 3.20. The molecule has 0 spiro atoms. The molecule has 4 aromatic rings. The van der Waals surface area contributed by atoms with Crippen molar-refractivity contribution in [3.8, 4) is 17.0 Å². The van der Waals surface area contributed by atoms with Gasteiger partial charge in [-0.15, -0.1) is 0 Å². The summed E-state index contributed by atoms with van der Waals surface area (Å²) in [5.74, 6) is 0.475. The van der Waals surface area contributed by atoms with Gasteiger partial charge < -0.3 is 4.74 Å². The maximum atomic E-state index is 12.9. The molecule has 0 saturated carbocycles. The van der Waals surface area contributed by atoms with Gasteiger partial charge in [-0.3, -0.25) is 4.79 Å². The molecule has 0 aliphatic carbocycles. The topological polar surface area (TPSA) is 63.6 Å². The van der Waals surface area contributed by atoms with Crippen molar-refractivity contribution in [2.45, 2.75) is 6.92 Å². The summed E-state index contributed by atoms with van der Waals surface area (Å²) in [6.45, 7) is 2.53. The number of carbonyl (C=O) groups is 1. The van der Waals surface area contributed by atoms with Gasteiger partial charge in [-0.1, -0.05) is 60.7 Å². The third-order valence-electron chi connectivity index (χ3n) is 4.58. The zero-order valence-corrected chi connectivity index (χ0v) is 16.6. The monoisotopic (exact) mass is 395 g/mol. The van der Waals surface area contributed by atoms with Crippen molar-refractivity contribution in [2.75, 3.05) is 6.61 Å². The first-order valence-electron chi connectivity index (χ1n) is 9.76. The van der Waals surface area contributed by atoms with Crippen LogP contribution in [-0.2, 0) is 0 Å². The smallest absolute Gasteiger partial charge is 0.272 e. The molecule has 0 atom stereocenters. The number of amides is 1. The minimum Gasteiger partial charge on any atom is -0.494 e. The number of fused-ring (bicyclic) bond motifs is 1. The van der Waals surface area contributed by atoms with E-state index in [-0.39, 0.29) is 5.91 Å². The Balaban J connectivity index is 1.62. The lowest BCUT2D eigenvalue weighted by molar-refractivity contribution is 0.0956. The standard InChI is InChI=1S/C25H21N3O2/c1-2-30-20-12-8-9-18(15-20)17-26-28-25(29)22-16-24(19-10-4-3-5-11-19)27-23-14-7-6-13-21(22)23/h3-17H,2H2,1H3,(H,28,29). The molecule has 1 N–H and O–H groups in total. The molecule has 3 aromatic carbocycles. The summed E-state index contributed by atoms with van der Waals surface area (Å²) in [6.07, 6.45) is 1.60. The van der Waals surface area contributed by atoms with Crippen LogP contribution < -0.4 is 10.2 Å². The minimum absolute atomic E-state index is 0.289. The number of nitrogens with zero attached hydrogens (tertiary/aromatic N) is 2. The first kappa shape index (κ1) is 19.3. The normalized spacial score (nSPS) is 11.0. The average molecular weight is 395 g/mol. The molecule has 0 bridgehead atoms. The fourth-order valence-corrected chi connectivity index (χ4v) is 3.20. The van der Waals surface area contributed by atoms with Gasteiger partial charge in [0.25, 0.3) is 5.91 Å². The van der Waals surface area contributed by atoms with Crippen molar-refractivity contribution >= 4 is 23.0 Å². The molecule has 0 unspecified atom stereocenters. The lowest BCUT2D eigenvalue weighted by Gasteiger charge is -2.09. The van der Waals surface area contributed by atoms with E-state index in [1.165, 1.54) is 0 Å². The van der Waals surface area contributed by atoms with E-state index in [1.807, 2.05) is 85.8 Å². The summed E-state index contributed by atoms with van der Waals surface area (Å²) >= 11 is 0. The molecule has 5 heteroatoms. The van der Waals surface area contributed by atoms with Crippen LogP contribution in [0.15, 0.2) is 90.0 Å². The number of rotatable bonds is 6. The summed E-state index contributed by atoms with van der Waals surface area (Å²) in [5, 5.41) is 4.91. The van der Waals surface area contributed by atoms with Gasteiger partial charge in [0.2, 0.25) is 0 Å². The van der Waals surface area contributed by atoms with Gasteiger partial charge in [0.15, 0.2) is 0 Å². The Bertz CT molecular complexity index is 1200. The molecule has 0 aliphatic heterocycles. The number of hydrogen-bond donors (Lipinski definition) is 1. The number of nitrogens with one attached hydrogen (secondary N) is 1. The third kappa shape index (κ3) is 4.36. The van der Waals surface area contributed by atoms with Crippen LogP contribution in [0.25, 0.3) is 22.2 Å². The van der Waals surface area contributed by atoms with E-state index in [4.69, 9.17) is 9.72 Å². The predicted octanol–water partition coefficient (Wildman–Crippen LogP) is 5.06. The van der Waals surface area contributed by atoms with Gasteiger partial charge in [0.05, 0.1) is 29.6 Å². The quantitative estimate of drug-likeness (QED) is 0.366. The zero-order valence-electron chi connectivity index (χ0n) is 16.6. The number of para-hydroxylation sites is 1. The number of hydrazone groups is 1. The van der Waals surface area contributed by atoms with Gasteiger partial charge in [-0.05, 0) is 36.8 Å². The molecule has 1 aromatic heterocycles. The lowest BCUT2D eigenvalue weighted by atomic mass is 10.0. The van der Waals surface area contributed by atoms with Crippen LogP contribution in [0.2, 0.25) is 0 Å². The molecule has 1 heterocycles. The van der Waals surface area contributed by atoms with Crippen LogP contribution in [0.4, 0.5) is 0 Å². The maximum Gasteiger partial charge on any atom is 0.272 e. The Morgan fingerprint density at radius 1 is 1.00 bits per heavy atom. The molecule has 0 radical (unpaired) electrons. The lowest BCUT2D eigenvalue weighted by Crippen LogP contribution is -2.18. The Morgan fingerprint density at radius 2 is 1.80 bits per heavy atom. The Labute approximate surface area is 175 Å². The van der Waals surface area contributed by atoms with Gasteiger partial charge in [0, 0.05) is 10.9 Å². The fraction of sp³-hybridized carbons (Fsp3) is 0.0800. The number of aromatic nitrogens is 1. The molecule has 30 heavy (non-hydrogen) atoms. The first-order valence-corrected chi connectivity index (χ1v) is 9.76. The number of carbonyl (C=O) groups excluding carboxylic acids is 1. The summed E-state index contributed by atoms with van der Waals surface area (Å²) < 4.78 is 5.49. The van der Waals surface area contributed by atoms with E-state index >= 15 is 0 Å².